The molecule has 11 heteroatoms. The number of anilines is 1. The summed E-state index contributed by atoms with van der Waals surface area (Å²) >= 11 is 0.983. The number of carbonyl (C=O) groups is 1. The van der Waals surface area contributed by atoms with E-state index in [1.54, 1.807) is 19.2 Å². The Morgan fingerprint density at radius 2 is 1.87 bits per heavy atom. The molecule has 3 aromatic rings. The van der Waals surface area contributed by atoms with Crippen molar-refractivity contribution in [1.29, 1.82) is 0 Å². The van der Waals surface area contributed by atoms with Crippen molar-refractivity contribution in [2.24, 2.45) is 0 Å². The summed E-state index contributed by atoms with van der Waals surface area (Å²) in [6.45, 7) is 0. The number of nitrogens with one attached hydrogen (secondary N) is 1. The van der Waals surface area contributed by atoms with Crippen LogP contribution < -0.4 is 14.8 Å². The van der Waals surface area contributed by atoms with Gasteiger partial charge in [-0.05, 0) is 35.9 Å². The van der Waals surface area contributed by atoms with Gasteiger partial charge in [-0.1, -0.05) is 23.9 Å². The number of aromatic nitrogens is 2. The molecule has 1 aromatic heterocycles. The average Bonchev–Trinajstić information content (AvgIpc) is 3.19. The number of thioether (sulfide) groups is 1. The second-order valence-corrected chi connectivity index (χ2v) is 7.17. The highest BCUT2D eigenvalue weighted by molar-refractivity contribution is 7.99. The summed E-state index contributed by atoms with van der Waals surface area (Å²) in [6, 6.07) is 9.80. The Morgan fingerprint density at radius 3 is 2.58 bits per heavy atom. The maximum Gasteiger partial charge on any atom is 0.416 e. The topological polar surface area (TPSA) is 86.5 Å². The van der Waals surface area contributed by atoms with Crippen molar-refractivity contribution in [1.82, 2.24) is 10.2 Å². The number of methoxy groups -OCH3 is 2. The van der Waals surface area contributed by atoms with Gasteiger partial charge in [0.1, 0.15) is 0 Å². The lowest BCUT2D eigenvalue weighted by Crippen LogP contribution is -2.15. The van der Waals surface area contributed by atoms with Crippen molar-refractivity contribution < 1.29 is 31.9 Å². The van der Waals surface area contributed by atoms with Crippen LogP contribution in [0.1, 0.15) is 17.0 Å². The summed E-state index contributed by atoms with van der Waals surface area (Å²) in [6.07, 6.45) is -4.13. The van der Waals surface area contributed by atoms with E-state index in [9.17, 15) is 18.0 Å². The molecule has 2 aromatic carbocycles. The van der Waals surface area contributed by atoms with E-state index in [0.717, 1.165) is 29.5 Å². The molecule has 1 N–H and O–H groups in total. The van der Waals surface area contributed by atoms with Gasteiger partial charge in [-0.25, -0.2) is 0 Å². The van der Waals surface area contributed by atoms with Gasteiger partial charge in [0.2, 0.25) is 11.8 Å². The number of hydrogen-bond acceptors (Lipinski definition) is 7. The zero-order chi connectivity index (χ0) is 22.4. The molecule has 0 saturated carbocycles. The van der Waals surface area contributed by atoms with E-state index in [0.29, 0.717) is 23.8 Å². The molecule has 7 nitrogen and oxygen atoms in total. The minimum absolute atomic E-state index is 0.0556. The minimum Gasteiger partial charge on any atom is -0.493 e. The van der Waals surface area contributed by atoms with Gasteiger partial charge in [-0.3, -0.25) is 4.79 Å². The molecule has 0 aliphatic rings. The second-order valence-electron chi connectivity index (χ2n) is 6.24. The molecule has 0 spiro atoms. The molecule has 0 atom stereocenters. The standard InChI is InChI=1S/C20H18F3N3O4S/c1-28-15-7-6-12(8-16(15)29-2)9-18-25-26-19(30-18)31-11-17(27)24-14-5-3-4-13(10-14)20(21,22)23/h3-8,10H,9,11H2,1-2H3,(H,24,27). The number of carbonyl (C=O) groups excluding carboxylic acids is 1. The smallest absolute Gasteiger partial charge is 0.416 e. The van der Waals surface area contributed by atoms with Crippen LogP contribution in [0.3, 0.4) is 0 Å². The van der Waals surface area contributed by atoms with Crippen LogP contribution in [0.15, 0.2) is 52.1 Å². The van der Waals surface area contributed by atoms with E-state index in [4.69, 9.17) is 13.9 Å². The number of rotatable bonds is 8. The van der Waals surface area contributed by atoms with Gasteiger partial charge in [0.15, 0.2) is 11.5 Å². The first-order valence-electron chi connectivity index (χ1n) is 8.91. The van der Waals surface area contributed by atoms with Crippen molar-refractivity contribution >= 4 is 23.4 Å². The SMILES string of the molecule is COc1ccc(Cc2nnc(SCC(=O)Nc3cccc(C(F)(F)F)c3)o2)cc1OC. The molecule has 0 aliphatic carbocycles. The van der Waals surface area contributed by atoms with Gasteiger partial charge >= 0.3 is 6.18 Å². The predicted molar refractivity (Wildman–Crippen MR) is 107 cm³/mol. The van der Waals surface area contributed by atoms with E-state index in [1.165, 1.54) is 19.2 Å². The fraction of sp³-hybridized carbons (Fsp3) is 0.250. The third-order valence-electron chi connectivity index (χ3n) is 4.05. The lowest BCUT2D eigenvalue weighted by Gasteiger charge is -2.09. The monoisotopic (exact) mass is 453 g/mol. The highest BCUT2D eigenvalue weighted by Crippen LogP contribution is 2.31. The van der Waals surface area contributed by atoms with Crippen molar-refractivity contribution in [2.75, 3.05) is 25.3 Å². The molecule has 0 radical (unpaired) electrons. The molecular weight excluding hydrogens is 435 g/mol. The van der Waals surface area contributed by atoms with Crippen molar-refractivity contribution in [3.8, 4) is 11.5 Å². The number of alkyl halides is 3. The summed E-state index contributed by atoms with van der Waals surface area (Å²) in [7, 11) is 3.08. The van der Waals surface area contributed by atoms with Crippen molar-refractivity contribution in [3.63, 3.8) is 0 Å². The summed E-state index contributed by atoms with van der Waals surface area (Å²) in [5.41, 5.74) is 0.0786. The predicted octanol–water partition coefficient (Wildman–Crippen LogP) is 4.43. The fourth-order valence-electron chi connectivity index (χ4n) is 2.63. The Bertz CT molecular complexity index is 1060. The molecular formula is C20H18F3N3O4S. The average molecular weight is 453 g/mol. The zero-order valence-corrected chi connectivity index (χ0v) is 17.3. The molecule has 0 bridgehead atoms. The van der Waals surface area contributed by atoms with Crippen LogP contribution in [0.5, 0.6) is 11.5 Å². The molecule has 3 rings (SSSR count). The van der Waals surface area contributed by atoms with Crippen LogP contribution in [0.25, 0.3) is 0 Å². The normalized spacial score (nSPS) is 11.3. The van der Waals surface area contributed by atoms with Crippen LogP contribution in [-0.2, 0) is 17.4 Å². The largest absolute Gasteiger partial charge is 0.493 e. The van der Waals surface area contributed by atoms with Crippen molar-refractivity contribution in [2.45, 2.75) is 17.8 Å². The van der Waals surface area contributed by atoms with Crippen LogP contribution in [-0.4, -0.2) is 36.1 Å². The molecule has 164 valence electrons. The molecule has 0 aliphatic heterocycles. The summed E-state index contributed by atoms with van der Waals surface area (Å²) < 4.78 is 54.2. The Balaban J connectivity index is 1.55. The number of halogens is 3. The fourth-order valence-corrected chi connectivity index (χ4v) is 3.21. The Hall–Kier alpha value is -3.21. The molecule has 0 fully saturated rings. The molecule has 0 saturated heterocycles. The Kier molecular flexibility index (Phi) is 7.06. The maximum atomic E-state index is 12.8. The van der Waals surface area contributed by atoms with E-state index in [-0.39, 0.29) is 16.7 Å². The Labute approximate surface area is 179 Å². The lowest BCUT2D eigenvalue weighted by atomic mass is 10.1. The highest BCUT2D eigenvalue weighted by atomic mass is 32.2. The number of hydrogen-bond donors (Lipinski definition) is 1. The van der Waals surface area contributed by atoms with E-state index < -0.39 is 17.6 Å². The summed E-state index contributed by atoms with van der Waals surface area (Å²) in [4.78, 5) is 12.0. The van der Waals surface area contributed by atoms with Crippen LogP contribution >= 0.6 is 11.8 Å². The minimum atomic E-state index is -4.48. The summed E-state index contributed by atoms with van der Waals surface area (Å²) in [5, 5.41) is 10.4. The molecule has 1 heterocycles. The third-order valence-corrected chi connectivity index (χ3v) is 4.87. The van der Waals surface area contributed by atoms with Crippen LogP contribution in [0.2, 0.25) is 0 Å². The van der Waals surface area contributed by atoms with E-state index >= 15 is 0 Å². The summed E-state index contributed by atoms with van der Waals surface area (Å²) in [5.74, 6) is 0.908. The third kappa shape index (κ3) is 6.14. The number of ether oxygens (including phenoxy) is 2. The van der Waals surface area contributed by atoms with Gasteiger partial charge in [0.25, 0.3) is 5.22 Å². The number of benzene rings is 2. The van der Waals surface area contributed by atoms with Gasteiger partial charge in [0, 0.05) is 5.69 Å². The quantitative estimate of drug-likeness (QED) is 0.505. The van der Waals surface area contributed by atoms with Gasteiger partial charge in [0.05, 0.1) is 32.0 Å². The highest BCUT2D eigenvalue weighted by Gasteiger charge is 2.30. The first-order valence-corrected chi connectivity index (χ1v) is 9.90. The lowest BCUT2D eigenvalue weighted by molar-refractivity contribution is -0.137. The Morgan fingerprint density at radius 1 is 1.10 bits per heavy atom. The van der Waals surface area contributed by atoms with Crippen LogP contribution in [0.4, 0.5) is 18.9 Å². The van der Waals surface area contributed by atoms with E-state index in [2.05, 4.69) is 15.5 Å². The van der Waals surface area contributed by atoms with E-state index in [1.807, 2.05) is 6.07 Å². The first-order chi connectivity index (χ1) is 14.8. The maximum absolute atomic E-state index is 12.8. The molecule has 31 heavy (non-hydrogen) atoms. The van der Waals surface area contributed by atoms with Crippen molar-refractivity contribution in [3.05, 3.63) is 59.5 Å². The van der Waals surface area contributed by atoms with Crippen LogP contribution in [0, 0.1) is 0 Å². The first kappa shape index (κ1) is 22.5. The van der Waals surface area contributed by atoms with Gasteiger partial charge in [-0.15, -0.1) is 10.2 Å². The number of nitrogens with zero attached hydrogens (tertiary/aromatic N) is 2. The molecule has 1 amide bonds. The second kappa shape index (κ2) is 9.73. The number of amides is 1. The zero-order valence-electron chi connectivity index (χ0n) is 16.5. The van der Waals surface area contributed by atoms with Gasteiger partial charge in [-0.2, -0.15) is 13.2 Å². The molecule has 0 unspecified atom stereocenters. The van der Waals surface area contributed by atoms with Gasteiger partial charge < -0.3 is 19.2 Å².